The molecule has 2 atom stereocenters. The van der Waals surface area contributed by atoms with Gasteiger partial charge in [-0.05, 0) is 66.7 Å². The Labute approximate surface area is 185 Å². The summed E-state index contributed by atoms with van der Waals surface area (Å²) in [7, 11) is 0. The molecule has 31 heavy (non-hydrogen) atoms. The molecule has 2 aromatic carbocycles. The Morgan fingerprint density at radius 1 is 0.871 bits per heavy atom. The molecule has 160 valence electrons. The minimum absolute atomic E-state index is 0.113. The van der Waals surface area contributed by atoms with Crippen LogP contribution in [-0.4, -0.2) is 29.7 Å². The van der Waals surface area contributed by atoms with Crippen LogP contribution in [0.15, 0.2) is 60.2 Å². The van der Waals surface area contributed by atoms with Crippen LogP contribution in [0, 0.1) is 5.92 Å². The molecule has 1 amide bonds. The molecule has 0 radical (unpaired) electrons. The van der Waals surface area contributed by atoms with E-state index in [1.54, 1.807) is 5.57 Å². The van der Waals surface area contributed by atoms with Gasteiger partial charge in [0.2, 0.25) is 0 Å². The summed E-state index contributed by atoms with van der Waals surface area (Å²) in [5.41, 5.74) is 6.74. The van der Waals surface area contributed by atoms with Crippen LogP contribution in [0.3, 0.4) is 0 Å². The van der Waals surface area contributed by atoms with Gasteiger partial charge in [0, 0.05) is 12.0 Å². The first-order valence-electron chi connectivity index (χ1n) is 12.1. The Balaban J connectivity index is 1.20. The fourth-order valence-electron chi connectivity index (χ4n) is 6.62. The lowest BCUT2D eigenvalue weighted by Gasteiger charge is -2.45. The molecule has 6 rings (SSSR count). The quantitative estimate of drug-likeness (QED) is 0.525. The summed E-state index contributed by atoms with van der Waals surface area (Å²) >= 11 is 0. The molecule has 2 aliphatic heterocycles. The van der Waals surface area contributed by atoms with E-state index in [1.807, 2.05) is 0 Å². The van der Waals surface area contributed by atoms with E-state index < -0.39 is 0 Å². The number of amides is 1. The Morgan fingerprint density at radius 3 is 2.23 bits per heavy atom. The highest BCUT2D eigenvalue weighted by atomic mass is 16.6. The summed E-state index contributed by atoms with van der Waals surface area (Å²) in [6, 6.07) is 17.6. The molecular formula is C28H31NO2. The van der Waals surface area contributed by atoms with Crippen LogP contribution in [0.5, 0.6) is 0 Å². The van der Waals surface area contributed by atoms with Crippen molar-refractivity contribution in [3.05, 3.63) is 71.3 Å². The number of hydrogen-bond donors (Lipinski definition) is 0. The van der Waals surface area contributed by atoms with Crippen molar-refractivity contribution in [2.24, 2.45) is 5.92 Å². The van der Waals surface area contributed by atoms with Crippen LogP contribution in [0.2, 0.25) is 0 Å². The lowest BCUT2D eigenvalue weighted by molar-refractivity contribution is 0.0498. The van der Waals surface area contributed by atoms with E-state index in [2.05, 4.69) is 59.5 Å². The summed E-state index contributed by atoms with van der Waals surface area (Å²) in [6.07, 6.45) is 12.2. The van der Waals surface area contributed by atoms with E-state index in [-0.39, 0.29) is 18.1 Å². The van der Waals surface area contributed by atoms with Gasteiger partial charge in [0.05, 0.1) is 6.04 Å². The highest BCUT2D eigenvalue weighted by Gasteiger charge is 2.40. The number of nitrogens with zero attached hydrogens (tertiary/aromatic N) is 1. The minimum Gasteiger partial charge on any atom is -0.448 e. The van der Waals surface area contributed by atoms with E-state index in [0.29, 0.717) is 12.6 Å². The fourth-order valence-corrected chi connectivity index (χ4v) is 6.62. The predicted molar refractivity (Wildman–Crippen MR) is 123 cm³/mol. The van der Waals surface area contributed by atoms with Gasteiger partial charge in [-0.25, -0.2) is 4.79 Å². The van der Waals surface area contributed by atoms with Crippen molar-refractivity contribution in [2.75, 3.05) is 6.61 Å². The first-order valence-corrected chi connectivity index (χ1v) is 12.1. The number of rotatable bonds is 3. The molecule has 1 saturated heterocycles. The van der Waals surface area contributed by atoms with Gasteiger partial charge in [-0.2, -0.15) is 0 Å². The van der Waals surface area contributed by atoms with Crippen LogP contribution in [0.25, 0.3) is 11.1 Å². The van der Waals surface area contributed by atoms with Gasteiger partial charge < -0.3 is 4.74 Å². The standard InChI is InChI=1S/C28H31NO2/c30-28(29-21-10-7-11-22(29)17-20(16-21)19-8-1-2-9-19)31-18-27-25-14-5-3-12-23(25)24-13-4-6-15-26(24)27/h3-6,12-16,19,21-22,27H,1-2,7-11,17-18H2. The normalized spacial score (nSPS) is 25.2. The van der Waals surface area contributed by atoms with Gasteiger partial charge in [-0.1, -0.05) is 73.0 Å². The largest absolute Gasteiger partial charge is 0.448 e. The van der Waals surface area contributed by atoms with E-state index in [0.717, 1.165) is 25.2 Å². The second-order valence-corrected chi connectivity index (χ2v) is 9.79. The predicted octanol–water partition coefficient (Wildman–Crippen LogP) is 6.68. The van der Waals surface area contributed by atoms with Crippen LogP contribution in [0.4, 0.5) is 4.79 Å². The van der Waals surface area contributed by atoms with Gasteiger partial charge in [0.1, 0.15) is 6.61 Å². The second-order valence-electron chi connectivity index (χ2n) is 9.79. The summed E-state index contributed by atoms with van der Waals surface area (Å²) in [5, 5.41) is 0. The molecule has 1 saturated carbocycles. The van der Waals surface area contributed by atoms with Crippen molar-refractivity contribution in [3.8, 4) is 11.1 Å². The second kappa shape index (κ2) is 7.85. The number of carbonyl (C=O) groups is 1. The number of carbonyl (C=O) groups excluding carboxylic acids is 1. The van der Waals surface area contributed by atoms with Crippen LogP contribution < -0.4 is 0 Å². The molecule has 0 spiro atoms. The van der Waals surface area contributed by atoms with Crippen LogP contribution >= 0.6 is 0 Å². The fraction of sp³-hybridized carbons (Fsp3) is 0.464. The maximum atomic E-state index is 13.3. The van der Waals surface area contributed by atoms with Crippen molar-refractivity contribution in [1.82, 2.24) is 4.90 Å². The highest BCUT2D eigenvalue weighted by molar-refractivity contribution is 5.79. The number of hydrogen-bond acceptors (Lipinski definition) is 2. The van der Waals surface area contributed by atoms with Crippen molar-refractivity contribution in [1.29, 1.82) is 0 Å². The molecule has 0 aromatic heterocycles. The van der Waals surface area contributed by atoms with Gasteiger partial charge in [0.15, 0.2) is 0 Å². The number of benzene rings is 2. The molecule has 4 aliphatic rings. The molecule has 2 heterocycles. The maximum Gasteiger partial charge on any atom is 0.410 e. The first-order chi connectivity index (χ1) is 15.3. The van der Waals surface area contributed by atoms with E-state index in [4.69, 9.17) is 4.74 Å². The van der Waals surface area contributed by atoms with Gasteiger partial charge >= 0.3 is 6.09 Å². The molecule has 3 nitrogen and oxygen atoms in total. The molecule has 2 fully saturated rings. The lowest BCUT2D eigenvalue weighted by Crippen LogP contribution is -2.52. The average Bonchev–Trinajstić information content (AvgIpc) is 3.44. The molecule has 2 aromatic rings. The molecule has 0 N–H and O–H groups in total. The van der Waals surface area contributed by atoms with E-state index >= 15 is 0 Å². The highest BCUT2D eigenvalue weighted by Crippen LogP contribution is 2.45. The smallest absolute Gasteiger partial charge is 0.410 e. The summed E-state index contributed by atoms with van der Waals surface area (Å²) in [5.74, 6) is 0.901. The van der Waals surface area contributed by atoms with Crippen molar-refractivity contribution < 1.29 is 9.53 Å². The number of piperidine rings is 1. The minimum atomic E-state index is -0.113. The van der Waals surface area contributed by atoms with Gasteiger partial charge in [-0.3, -0.25) is 4.90 Å². The Kier molecular flexibility index (Phi) is 4.85. The van der Waals surface area contributed by atoms with Crippen LogP contribution in [0.1, 0.15) is 68.4 Å². The summed E-state index contributed by atoms with van der Waals surface area (Å²) in [4.78, 5) is 15.4. The molecule has 2 unspecified atom stereocenters. The van der Waals surface area contributed by atoms with Gasteiger partial charge in [0.25, 0.3) is 0 Å². The zero-order chi connectivity index (χ0) is 20.8. The summed E-state index contributed by atoms with van der Waals surface area (Å²) in [6.45, 7) is 0.419. The first kappa shape index (κ1) is 19.2. The zero-order valence-electron chi connectivity index (χ0n) is 18.1. The van der Waals surface area contributed by atoms with E-state index in [1.165, 1.54) is 54.4 Å². The third-order valence-corrected chi connectivity index (χ3v) is 8.09. The Hall–Kier alpha value is -2.55. The van der Waals surface area contributed by atoms with Crippen molar-refractivity contribution >= 4 is 6.09 Å². The molecular weight excluding hydrogens is 382 g/mol. The monoisotopic (exact) mass is 413 g/mol. The zero-order valence-corrected chi connectivity index (χ0v) is 18.1. The SMILES string of the molecule is O=C(OCC1c2ccccc2-c2ccccc21)N1C2C=C(C3CCCC3)CC1CCC2. The third-order valence-electron chi connectivity index (χ3n) is 8.09. The molecule has 3 heteroatoms. The van der Waals surface area contributed by atoms with Crippen LogP contribution in [-0.2, 0) is 4.74 Å². The average molecular weight is 414 g/mol. The number of ether oxygens (including phenoxy) is 1. The maximum absolute atomic E-state index is 13.3. The number of fused-ring (bicyclic) bond motifs is 5. The van der Waals surface area contributed by atoms with Gasteiger partial charge in [-0.15, -0.1) is 0 Å². The van der Waals surface area contributed by atoms with Crippen molar-refractivity contribution in [2.45, 2.75) is 69.4 Å². The Bertz CT molecular complexity index is 974. The van der Waals surface area contributed by atoms with Crippen molar-refractivity contribution in [3.63, 3.8) is 0 Å². The lowest BCUT2D eigenvalue weighted by atomic mass is 9.80. The van der Waals surface area contributed by atoms with E-state index in [9.17, 15) is 4.79 Å². The topological polar surface area (TPSA) is 29.5 Å². The molecule has 2 bridgehead atoms. The Morgan fingerprint density at radius 2 is 1.55 bits per heavy atom. The summed E-state index contributed by atoms with van der Waals surface area (Å²) < 4.78 is 6.03. The third kappa shape index (κ3) is 3.30. The molecule has 2 aliphatic carbocycles.